The summed E-state index contributed by atoms with van der Waals surface area (Å²) in [5, 5.41) is 0. The van der Waals surface area contributed by atoms with Gasteiger partial charge in [-0.3, -0.25) is 9.11 Å². The minimum Gasteiger partial charge on any atom is -0.326 e. The fourth-order valence-electron chi connectivity index (χ4n) is 2.56. The van der Waals surface area contributed by atoms with Crippen LogP contribution in [0.4, 0.5) is 0 Å². The number of hydrogen-bond acceptors (Lipinski definition) is 4. The van der Waals surface area contributed by atoms with Crippen molar-refractivity contribution < 1.29 is 9.11 Å². The van der Waals surface area contributed by atoms with E-state index in [9.17, 15) is 9.11 Å². The van der Waals surface area contributed by atoms with Crippen molar-refractivity contribution in [3.63, 3.8) is 0 Å². The van der Waals surface area contributed by atoms with Gasteiger partial charge in [-0.15, -0.1) is 23.2 Å². The molecule has 4 nitrogen and oxygen atoms in total. The predicted octanol–water partition coefficient (Wildman–Crippen LogP) is 2.05. The summed E-state index contributed by atoms with van der Waals surface area (Å²) in [7, 11) is -2.47. The van der Waals surface area contributed by atoms with Gasteiger partial charge in [0.05, 0.1) is 5.75 Å². The van der Waals surface area contributed by atoms with Gasteiger partial charge in [-0.05, 0) is 19.3 Å². The smallest absolute Gasteiger partial charge is 0.0543 e. The highest BCUT2D eigenvalue weighted by atomic mass is 35.5. The summed E-state index contributed by atoms with van der Waals surface area (Å²) >= 11 is 0. The van der Waals surface area contributed by atoms with E-state index in [1.165, 1.54) is 12.8 Å². The first kappa shape index (κ1) is 13.5. The minimum atomic E-state index is -2.47. The Labute approximate surface area is 99.1 Å². The van der Waals surface area contributed by atoms with E-state index in [2.05, 4.69) is 0 Å². The van der Waals surface area contributed by atoms with E-state index >= 15 is 0 Å². The van der Waals surface area contributed by atoms with Crippen LogP contribution in [-0.2, 0) is 0 Å². The Balaban J connectivity index is 0.00000112. The lowest BCUT2D eigenvalue weighted by atomic mass is 9.91. The van der Waals surface area contributed by atoms with Crippen LogP contribution in [-0.4, -0.2) is 37.8 Å². The van der Waals surface area contributed by atoms with Crippen LogP contribution in [0.3, 0.4) is 0 Å². The third-order valence-corrected chi connectivity index (χ3v) is 5.36. The summed E-state index contributed by atoms with van der Waals surface area (Å²) in [5.41, 5.74) is 6.03. The zero-order valence-electron chi connectivity index (χ0n) is 8.84. The molecular weight excluding hydrogens is 236 g/mol. The van der Waals surface area contributed by atoms with Crippen LogP contribution in [0.5, 0.6) is 0 Å². The zero-order chi connectivity index (χ0) is 10.2. The number of rotatable bonds is 1. The first-order valence-corrected chi connectivity index (χ1v) is 7.07. The summed E-state index contributed by atoms with van der Waals surface area (Å²) in [6, 6.07) is 0.337. The monoisotopic (exact) mass is 256 g/mol. The van der Waals surface area contributed by atoms with E-state index in [0.29, 0.717) is 5.75 Å². The van der Waals surface area contributed by atoms with Crippen LogP contribution in [0.25, 0.3) is 0 Å². The van der Waals surface area contributed by atoms with Gasteiger partial charge in [0.2, 0.25) is 0 Å². The van der Waals surface area contributed by atoms with E-state index in [1.54, 1.807) is 0 Å². The van der Waals surface area contributed by atoms with E-state index in [1.807, 2.05) is 4.31 Å². The van der Waals surface area contributed by atoms with E-state index in [-0.39, 0.29) is 24.5 Å². The molecule has 1 aliphatic carbocycles. The van der Waals surface area contributed by atoms with Crippen LogP contribution in [0.15, 0.2) is 0 Å². The van der Waals surface area contributed by atoms with Gasteiger partial charge in [0, 0.05) is 18.6 Å². The molecule has 0 spiro atoms. The van der Waals surface area contributed by atoms with Crippen molar-refractivity contribution in [2.45, 2.75) is 44.2 Å². The summed E-state index contributed by atoms with van der Waals surface area (Å²) < 4.78 is 21.5. The molecule has 6 heteroatoms. The lowest BCUT2D eigenvalue weighted by Gasteiger charge is -2.45. The Bertz CT molecular complexity index is 218. The highest BCUT2D eigenvalue weighted by Crippen LogP contribution is 2.51. The fourth-order valence-corrected chi connectivity index (χ4v) is 4.43. The number of hydrogen-bond donors (Lipinski definition) is 3. The van der Waals surface area contributed by atoms with Gasteiger partial charge >= 0.3 is 0 Å². The number of halogens is 1. The van der Waals surface area contributed by atoms with Crippen LogP contribution in [0.2, 0.25) is 0 Å². The Morgan fingerprint density at radius 1 is 1.13 bits per heavy atom. The first-order valence-electron chi connectivity index (χ1n) is 5.39. The molecule has 1 saturated heterocycles. The van der Waals surface area contributed by atoms with E-state index < -0.39 is 10.8 Å². The largest absolute Gasteiger partial charge is 0.326 e. The lowest BCUT2D eigenvalue weighted by Crippen LogP contribution is -2.48. The maximum Gasteiger partial charge on any atom is 0.0543 e. The molecule has 1 aliphatic heterocycles. The zero-order valence-corrected chi connectivity index (χ0v) is 10.5. The van der Waals surface area contributed by atoms with Crippen molar-refractivity contribution in [1.29, 1.82) is 0 Å². The minimum absolute atomic E-state index is 0. The Hall–Kier alpha value is 0.480. The van der Waals surface area contributed by atoms with Crippen LogP contribution in [0, 0.1) is 0 Å². The average Bonchev–Trinajstić information content (AvgIpc) is 2.46. The number of nitrogens with two attached hydrogens (primary N) is 1. The maximum absolute atomic E-state index is 9.83. The van der Waals surface area contributed by atoms with Gasteiger partial charge in [0.15, 0.2) is 0 Å². The SMILES string of the molecule is Cl.N[C@@H]1CCCC[C@H]1N1CCCS1(O)O. The molecule has 1 heterocycles. The lowest BCUT2D eigenvalue weighted by molar-refractivity contribution is 0.220. The van der Waals surface area contributed by atoms with Crippen molar-refractivity contribution in [1.82, 2.24) is 4.31 Å². The molecule has 0 unspecified atom stereocenters. The second kappa shape index (κ2) is 5.21. The summed E-state index contributed by atoms with van der Waals surface area (Å²) in [6.07, 6.45) is 5.30. The normalized spacial score (nSPS) is 38.3. The molecule has 0 bridgehead atoms. The second-order valence-corrected chi connectivity index (χ2v) is 6.49. The van der Waals surface area contributed by atoms with Gasteiger partial charge in [-0.1, -0.05) is 12.8 Å². The molecular formula is C9H21ClN2O2S. The molecule has 92 valence electrons. The van der Waals surface area contributed by atoms with Gasteiger partial charge in [0.1, 0.15) is 0 Å². The molecule has 15 heavy (non-hydrogen) atoms. The average molecular weight is 257 g/mol. The number of nitrogens with zero attached hydrogens (tertiary/aromatic N) is 1. The first-order chi connectivity index (χ1) is 6.61. The molecule has 2 rings (SSSR count). The summed E-state index contributed by atoms with van der Waals surface area (Å²) in [4.78, 5) is 0. The highest BCUT2D eigenvalue weighted by Gasteiger charge is 2.38. The van der Waals surface area contributed by atoms with Gasteiger partial charge in [0.25, 0.3) is 0 Å². The fraction of sp³-hybridized carbons (Fsp3) is 1.00. The van der Waals surface area contributed by atoms with E-state index in [0.717, 1.165) is 25.8 Å². The van der Waals surface area contributed by atoms with Crippen LogP contribution in [0.1, 0.15) is 32.1 Å². The van der Waals surface area contributed by atoms with Crippen LogP contribution < -0.4 is 5.73 Å². The predicted molar refractivity (Wildman–Crippen MR) is 66.5 cm³/mol. The molecule has 0 amide bonds. The topological polar surface area (TPSA) is 69.7 Å². The van der Waals surface area contributed by atoms with Gasteiger partial charge in [-0.2, -0.15) is 0 Å². The second-order valence-electron chi connectivity index (χ2n) is 4.35. The molecule has 2 atom stereocenters. The summed E-state index contributed by atoms with van der Waals surface area (Å²) in [6.45, 7) is 0.806. The third kappa shape index (κ3) is 2.78. The Kier molecular flexibility index (Phi) is 4.70. The quantitative estimate of drug-likeness (QED) is 0.672. The molecule has 0 aromatic carbocycles. The van der Waals surface area contributed by atoms with E-state index in [4.69, 9.17) is 5.73 Å². The molecule has 4 N–H and O–H groups in total. The third-order valence-electron chi connectivity index (χ3n) is 3.32. The van der Waals surface area contributed by atoms with Crippen LogP contribution >= 0.6 is 23.2 Å². The Morgan fingerprint density at radius 3 is 2.33 bits per heavy atom. The standard InChI is InChI=1S/C9H20N2O2S.ClH/c10-8-4-1-2-5-9(8)11-6-3-7-14(11,12)13;/h8-9,12-13H,1-7,10H2;1H/t8-,9-;/m1./s1. The molecule has 2 aliphatic rings. The maximum atomic E-state index is 9.83. The van der Waals surface area contributed by atoms with Gasteiger partial charge < -0.3 is 5.73 Å². The molecule has 0 aromatic rings. The van der Waals surface area contributed by atoms with Crippen molar-refractivity contribution in [3.8, 4) is 0 Å². The molecule has 0 aromatic heterocycles. The molecule has 0 radical (unpaired) electrons. The Morgan fingerprint density at radius 2 is 1.80 bits per heavy atom. The van der Waals surface area contributed by atoms with Crippen molar-refractivity contribution >= 4 is 23.2 Å². The summed E-state index contributed by atoms with van der Waals surface area (Å²) in [5.74, 6) is 0.538. The highest BCUT2D eigenvalue weighted by molar-refractivity contribution is 8.22. The van der Waals surface area contributed by atoms with Gasteiger partial charge in [-0.25, -0.2) is 4.31 Å². The van der Waals surface area contributed by atoms with Crippen molar-refractivity contribution in [3.05, 3.63) is 0 Å². The van der Waals surface area contributed by atoms with Crippen molar-refractivity contribution in [2.75, 3.05) is 12.3 Å². The molecule has 1 saturated carbocycles. The van der Waals surface area contributed by atoms with Crippen molar-refractivity contribution in [2.24, 2.45) is 5.73 Å². The molecule has 2 fully saturated rings.